The van der Waals surface area contributed by atoms with Gasteiger partial charge in [-0.2, -0.15) is 4.98 Å². The van der Waals surface area contributed by atoms with Gasteiger partial charge >= 0.3 is 6.09 Å². The maximum Gasteiger partial charge on any atom is 0.410 e. The molecule has 0 spiro atoms. The third-order valence-electron chi connectivity index (χ3n) is 6.97. The van der Waals surface area contributed by atoms with E-state index in [9.17, 15) is 4.79 Å². The third kappa shape index (κ3) is 5.77. The molecule has 1 unspecified atom stereocenters. The Labute approximate surface area is 212 Å². The number of hydrogen-bond acceptors (Lipinski definition) is 8. The highest BCUT2D eigenvalue weighted by molar-refractivity contribution is 5.71. The smallest absolute Gasteiger partial charge is 0.410 e. The average molecular weight is 497 g/mol. The van der Waals surface area contributed by atoms with E-state index < -0.39 is 0 Å². The van der Waals surface area contributed by atoms with Crippen LogP contribution in [-0.2, 0) is 4.74 Å². The second-order valence-electron chi connectivity index (χ2n) is 10.3. The van der Waals surface area contributed by atoms with Crippen LogP contribution in [0.15, 0.2) is 24.4 Å². The Kier molecular flexibility index (Phi) is 7.34. The molecule has 3 aliphatic rings. The minimum Gasteiger partial charge on any atom is -0.486 e. The summed E-state index contributed by atoms with van der Waals surface area (Å²) in [5, 5.41) is 3.51. The number of nitrogens with one attached hydrogen (secondary N) is 1. The highest BCUT2D eigenvalue weighted by Crippen LogP contribution is 2.38. The third-order valence-corrected chi connectivity index (χ3v) is 6.97. The molecule has 1 aromatic carbocycles. The zero-order chi connectivity index (χ0) is 25.1. The summed E-state index contributed by atoms with van der Waals surface area (Å²) in [6.45, 7) is 8.12. The molecule has 1 N–H and O–H groups in total. The molecular formula is C27H36N4O5. The van der Waals surface area contributed by atoms with Gasteiger partial charge in [0.05, 0.1) is 18.2 Å². The van der Waals surface area contributed by atoms with Gasteiger partial charge in [-0.15, -0.1) is 0 Å². The molecule has 1 saturated carbocycles. The monoisotopic (exact) mass is 496 g/mol. The SMILES string of the molecule is CC1CCC(Nc2ncc(-c3ccc4c(c3)OCCO4)c(OC3CCN(C(=O)OC(C)C)C3)n2)CC1. The van der Waals surface area contributed by atoms with E-state index in [4.69, 9.17) is 23.9 Å². The molecule has 0 bridgehead atoms. The van der Waals surface area contributed by atoms with Crippen molar-refractivity contribution in [2.45, 2.75) is 71.1 Å². The number of carbonyl (C=O) groups is 1. The number of carbonyl (C=O) groups excluding carboxylic acids is 1. The van der Waals surface area contributed by atoms with E-state index in [2.05, 4.69) is 17.2 Å². The zero-order valence-corrected chi connectivity index (χ0v) is 21.4. The van der Waals surface area contributed by atoms with Crippen LogP contribution >= 0.6 is 0 Å². The van der Waals surface area contributed by atoms with Crippen LogP contribution in [-0.4, -0.2) is 65.5 Å². The van der Waals surface area contributed by atoms with Gasteiger partial charge in [0.15, 0.2) is 11.5 Å². The Morgan fingerprint density at radius 1 is 1.11 bits per heavy atom. The van der Waals surface area contributed by atoms with Crippen LogP contribution in [0.2, 0.25) is 0 Å². The fourth-order valence-corrected chi connectivity index (χ4v) is 4.95. The predicted octanol–water partition coefficient (Wildman–Crippen LogP) is 4.90. The van der Waals surface area contributed by atoms with E-state index in [1.165, 1.54) is 12.8 Å². The predicted molar refractivity (Wildman–Crippen MR) is 136 cm³/mol. The first kappa shape index (κ1) is 24.5. The maximum absolute atomic E-state index is 12.4. The Morgan fingerprint density at radius 3 is 2.67 bits per heavy atom. The summed E-state index contributed by atoms with van der Waals surface area (Å²) in [6, 6.07) is 6.18. The minimum atomic E-state index is -0.306. The summed E-state index contributed by atoms with van der Waals surface area (Å²) in [4.78, 5) is 23.5. The van der Waals surface area contributed by atoms with Crippen LogP contribution in [0.5, 0.6) is 17.4 Å². The fraction of sp³-hybridized carbons (Fsp3) is 0.593. The largest absolute Gasteiger partial charge is 0.486 e. The van der Waals surface area contributed by atoms with Gasteiger partial charge in [0.2, 0.25) is 11.8 Å². The number of nitrogens with zero attached hydrogens (tertiary/aromatic N) is 3. The summed E-state index contributed by atoms with van der Waals surface area (Å²) in [5.41, 5.74) is 1.67. The highest BCUT2D eigenvalue weighted by atomic mass is 16.6. The second kappa shape index (κ2) is 10.8. The van der Waals surface area contributed by atoms with Crippen molar-refractivity contribution in [1.82, 2.24) is 14.9 Å². The Bertz CT molecular complexity index is 1070. The molecule has 1 atom stereocenters. The highest BCUT2D eigenvalue weighted by Gasteiger charge is 2.30. The molecular weight excluding hydrogens is 460 g/mol. The lowest BCUT2D eigenvalue weighted by Crippen LogP contribution is -2.33. The zero-order valence-electron chi connectivity index (χ0n) is 21.4. The van der Waals surface area contributed by atoms with Crippen molar-refractivity contribution in [3.05, 3.63) is 24.4 Å². The lowest BCUT2D eigenvalue weighted by molar-refractivity contribution is 0.0796. The summed E-state index contributed by atoms with van der Waals surface area (Å²) < 4.78 is 23.2. The summed E-state index contributed by atoms with van der Waals surface area (Å²) in [5.74, 6) is 3.27. The molecule has 3 heterocycles. The van der Waals surface area contributed by atoms with E-state index >= 15 is 0 Å². The van der Waals surface area contributed by atoms with E-state index in [1.807, 2.05) is 32.0 Å². The Hall–Kier alpha value is -3.23. The van der Waals surface area contributed by atoms with Crippen molar-refractivity contribution in [3.8, 4) is 28.5 Å². The normalized spacial score (nSPS) is 23.4. The van der Waals surface area contributed by atoms with E-state index in [1.54, 1.807) is 11.1 Å². The van der Waals surface area contributed by atoms with E-state index in [-0.39, 0.29) is 18.3 Å². The van der Waals surface area contributed by atoms with Gasteiger partial charge in [-0.25, -0.2) is 9.78 Å². The van der Waals surface area contributed by atoms with Crippen molar-refractivity contribution >= 4 is 12.0 Å². The van der Waals surface area contributed by atoms with Gasteiger partial charge in [-0.05, 0) is 63.1 Å². The number of rotatable bonds is 6. The topological polar surface area (TPSA) is 95.0 Å². The molecule has 0 radical (unpaired) electrons. The van der Waals surface area contributed by atoms with Crippen molar-refractivity contribution in [3.63, 3.8) is 0 Å². The first-order chi connectivity index (χ1) is 17.4. The number of ether oxygens (including phenoxy) is 4. The van der Waals surface area contributed by atoms with Gasteiger partial charge < -0.3 is 29.2 Å². The molecule has 9 heteroatoms. The second-order valence-corrected chi connectivity index (χ2v) is 10.3. The lowest BCUT2D eigenvalue weighted by atomic mass is 9.87. The van der Waals surface area contributed by atoms with Crippen LogP contribution in [0.25, 0.3) is 11.1 Å². The molecule has 36 heavy (non-hydrogen) atoms. The average Bonchev–Trinajstić information content (AvgIpc) is 3.34. The van der Waals surface area contributed by atoms with Crippen LogP contribution in [0.1, 0.15) is 52.9 Å². The van der Waals surface area contributed by atoms with Crippen molar-refractivity contribution in [2.75, 3.05) is 31.6 Å². The number of benzene rings is 1. The number of aromatic nitrogens is 2. The molecule has 1 amide bonds. The van der Waals surface area contributed by atoms with Gasteiger partial charge in [0.25, 0.3) is 0 Å². The van der Waals surface area contributed by atoms with E-state index in [0.717, 1.165) is 35.6 Å². The van der Waals surface area contributed by atoms with Gasteiger partial charge in [-0.3, -0.25) is 0 Å². The minimum absolute atomic E-state index is 0.155. The number of anilines is 1. The van der Waals surface area contributed by atoms with Gasteiger partial charge in [0, 0.05) is 25.2 Å². The van der Waals surface area contributed by atoms with Crippen molar-refractivity contribution in [1.29, 1.82) is 0 Å². The van der Waals surface area contributed by atoms with Gasteiger partial charge in [0.1, 0.15) is 19.3 Å². The fourth-order valence-electron chi connectivity index (χ4n) is 4.95. The molecule has 1 saturated heterocycles. The summed E-state index contributed by atoms with van der Waals surface area (Å²) in [6.07, 6.45) is 6.51. The summed E-state index contributed by atoms with van der Waals surface area (Å²) >= 11 is 0. The summed E-state index contributed by atoms with van der Waals surface area (Å²) in [7, 11) is 0. The Balaban J connectivity index is 1.37. The quantitative estimate of drug-likeness (QED) is 0.603. The standard InChI is InChI=1S/C27H36N4O5/c1-17(2)35-27(32)31-11-10-21(16-31)36-25-22(19-6-9-23-24(14-19)34-13-12-33-23)15-28-26(30-25)29-20-7-4-18(3)5-8-20/h6,9,14-15,17-18,20-21H,4-5,7-8,10-13,16H2,1-3H3,(H,28,29,30). The van der Waals surface area contributed by atoms with Crippen molar-refractivity contribution in [2.24, 2.45) is 5.92 Å². The molecule has 9 nitrogen and oxygen atoms in total. The molecule has 5 rings (SSSR count). The molecule has 2 fully saturated rings. The van der Waals surface area contributed by atoms with E-state index in [0.29, 0.717) is 56.3 Å². The lowest BCUT2D eigenvalue weighted by Gasteiger charge is -2.27. The molecule has 1 aliphatic carbocycles. The molecule has 2 aliphatic heterocycles. The number of amides is 1. The number of hydrogen-bond donors (Lipinski definition) is 1. The van der Waals surface area contributed by atoms with Crippen LogP contribution < -0.4 is 19.5 Å². The Morgan fingerprint density at radius 2 is 1.89 bits per heavy atom. The molecule has 1 aromatic heterocycles. The van der Waals surface area contributed by atoms with Crippen LogP contribution in [0, 0.1) is 5.92 Å². The molecule has 2 aromatic rings. The maximum atomic E-state index is 12.4. The van der Waals surface area contributed by atoms with Crippen LogP contribution in [0.3, 0.4) is 0 Å². The first-order valence-corrected chi connectivity index (χ1v) is 13.1. The number of fused-ring (bicyclic) bond motifs is 1. The first-order valence-electron chi connectivity index (χ1n) is 13.1. The van der Waals surface area contributed by atoms with Gasteiger partial charge in [-0.1, -0.05) is 13.0 Å². The number of likely N-dealkylation sites (tertiary alicyclic amines) is 1. The van der Waals surface area contributed by atoms with Crippen molar-refractivity contribution < 1.29 is 23.7 Å². The molecule has 194 valence electrons. The van der Waals surface area contributed by atoms with Crippen LogP contribution in [0.4, 0.5) is 10.7 Å².